The largest absolute Gasteiger partial charge is 0.489 e. The average molecular weight is 301 g/mol. The van der Waals surface area contributed by atoms with Gasteiger partial charge in [0.2, 0.25) is 0 Å². The number of thioether (sulfide) groups is 1. The minimum atomic E-state index is 0.611. The van der Waals surface area contributed by atoms with Crippen molar-refractivity contribution in [3.8, 4) is 5.75 Å². The number of benzene rings is 2. The molecule has 0 aromatic heterocycles. The SMILES string of the molecule is CCCNCc1cccc(COc2ccc(SC)cc2)c1. The van der Waals surface area contributed by atoms with Crippen LogP contribution in [0.5, 0.6) is 5.75 Å². The predicted octanol–water partition coefficient (Wildman–Crippen LogP) is 4.49. The van der Waals surface area contributed by atoms with Gasteiger partial charge in [0.05, 0.1) is 0 Å². The number of ether oxygens (including phenoxy) is 1. The first-order valence-electron chi connectivity index (χ1n) is 7.37. The molecule has 112 valence electrons. The van der Waals surface area contributed by atoms with Gasteiger partial charge in [-0.1, -0.05) is 31.2 Å². The van der Waals surface area contributed by atoms with Gasteiger partial charge in [-0.25, -0.2) is 0 Å². The molecule has 0 unspecified atom stereocenters. The summed E-state index contributed by atoms with van der Waals surface area (Å²) in [6.45, 7) is 4.77. The van der Waals surface area contributed by atoms with E-state index in [2.05, 4.69) is 54.9 Å². The third-order valence-electron chi connectivity index (χ3n) is 3.21. The van der Waals surface area contributed by atoms with Crippen LogP contribution in [0.4, 0.5) is 0 Å². The van der Waals surface area contributed by atoms with Gasteiger partial charge in [0.1, 0.15) is 12.4 Å². The Labute approximate surface area is 131 Å². The molecule has 0 heterocycles. The molecule has 3 heteroatoms. The predicted molar refractivity (Wildman–Crippen MR) is 91.0 cm³/mol. The topological polar surface area (TPSA) is 21.3 Å². The second kappa shape index (κ2) is 8.75. The van der Waals surface area contributed by atoms with Crippen LogP contribution in [0.2, 0.25) is 0 Å². The molecule has 2 aromatic carbocycles. The molecular weight excluding hydrogens is 278 g/mol. The molecule has 1 N–H and O–H groups in total. The molecule has 0 amide bonds. The third-order valence-corrected chi connectivity index (χ3v) is 3.96. The molecule has 0 saturated heterocycles. The van der Waals surface area contributed by atoms with E-state index in [1.165, 1.54) is 16.0 Å². The molecule has 0 saturated carbocycles. The van der Waals surface area contributed by atoms with Crippen molar-refractivity contribution in [2.45, 2.75) is 31.4 Å². The zero-order valence-electron chi connectivity index (χ0n) is 12.8. The zero-order valence-corrected chi connectivity index (χ0v) is 13.6. The minimum Gasteiger partial charge on any atom is -0.489 e. The lowest BCUT2D eigenvalue weighted by atomic mass is 10.1. The Hall–Kier alpha value is -1.45. The van der Waals surface area contributed by atoms with Gasteiger partial charge >= 0.3 is 0 Å². The number of rotatable bonds is 8. The Kier molecular flexibility index (Phi) is 6.64. The van der Waals surface area contributed by atoms with Gasteiger partial charge in [-0.2, -0.15) is 0 Å². The van der Waals surface area contributed by atoms with Gasteiger partial charge in [-0.05, 0) is 54.6 Å². The third kappa shape index (κ3) is 5.44. The van der Waals surface area contributed by atoms with Crippen molar-refractivity contribution in [1.29, 1.82) is 0 Å². The summed E-state index contributed by atoms with van der Waals surface area (Å²) in [4.78, 5) is 1.26. The first kappa shape index (κ1) is 15.9. The smallest absolute Gasteiger partial charge is 0.119 e. The van der Waals surface area contributed by atoms with Crippen LogP contribution in [-0.2, 0) is 13.2 Å². The van der Waals surface area contributed by atoms with E-state index in [0.717, 1.165) is 25.3 Å². The van der Waals surface area contributed by atoms with E-state index >= 15 is 0 Å². The van der Waals surface area contributed by atoms with Crippen LogP contribution in [0.15, 0.2) is 53.4 Å². The summed E-state index contributed by atoms with van der Waals surface area (Å²) in [6, 6.07) is 16.8. The molecule has 2 rings (SSSR count). The van der Waals surface area contributed by atoms with Crippen LogP contribution in [0.25, 0.3) is 0 Å². The van der Waals surface area contributed by atoms with Gasteiger partial charge in [0.15, 0.2) is 0 Å². The monoisotopic (exact) mass is 301 g/mol. The van der Waals surface area contributed by atoms with Gasteiger partial charge in [0, 0.05) is 11.4 Å². The maximum absolute atomic E-state index is 5.84. The summed E-state index contributed by atoms with van der Waals surface area (Å²) >= 11 is 1.74. The highest BCUT2D eigenvalue weighted by Gasteiger charge is 1.99. The maximum atomic E-state index is 5.84. The Morgan fingerprint density at radius 3 is 2.52 bits per heavy atom. The molecule has 0 bridgehead atoms. The lowest BCUT2D eigenvalue weighted by Crippen LogP contribution is -2.13. The number of hydrogen-bond acceptors (Lipinski definition) is 3. The standard InChI is InChI=1S/C18H23NOS/c1-3-11-19-13-15-5-4-6-16(12-15)14-20-17-7-9-18(21-2)10-8-17/h4-10,12,19H,3,11,13-14H2,1-2H3. The van der Waals surface area contributed by atoms with Crippen LogP contribution in [0.1, 0.15) is 24.5 Å². The van der Waals surface area contributed by atoms with Crippen molar-refractivity contribution < 1.29 is 4.74 Å². The second-order valence-corrected chi connectivity index (χ2v) is 5.84. The number of nitrogens with one attached hydrogen (secondary N) is 1. The van der Waals surface area contributed by atoms with Gasteiger partial charge in [-0.3, -0.25) is 0 Å². The molecule has 2 aromatic rings. The van der Waals surface area contributed by atoms with Gasteiger partial charge < -0.3 is 10.1 Å². The Morgan fingerprint density at radius 2 is 1.81 bits per heavy atom. The first-order chi connectivity index (χ1) is 10.3. The fourth-order valence-corrected chi connectivity index (χ4v) is 2.49. The molecular formula is C18H23NOS. The number of hydrogen-bond donors (Lipinski definition) is 1. The zero-order chi connectivity index (χ0) is 14.9. The van der Waals surface area contributed by atoms with Crippen LogP contribution >= 0.6 is 11.8 Å². The van der Waals surface area contributed by atoms with E-state index in [0.29, 0.717) is 6.61 Å². The Bertz CT molecular complexity index is 539. The second-order valence-electron chi connectivity index (χ2n) is 4.96. The minimum absolute atomic E-state index is 0.611. The van der Waals surface area contributed by atoms with Crippen molar-refractivity contribution in [2.75, 3.05) is 12.8 Å². The van der Waals surface area contributed by atoms with Crippen molar-refractivity contribution >= 4 is 11.8 Å². The lowest BCUT2D eigenvalue weighted by molar-refractivity contribution is 0.306. The highest BCUT2D eigenvalue weighted by atomic mass is 32.2. The van der Waals surface area contributed by atoms with Crippen molar-refractivity contribution in [1.82, 2.24) is 5.32 Å². The molecule has 0 atom stereocenters. The molecule has 2 nitrogen and oxygen atoms in total. The van der Waals surface area contributed by atoms with E-state index < -0.39 is 0 Å². The van der Waals surface area contributed by atoms with E-state index in [-0.39, 0.29) is 0 Å². The van der Waals surface area contributed by atoms with E-state index in [1.54, 1.807) is 11.8 Å². The Balaban J connectivity index is 1.88. The summed E-state index contributed by atoms with van der Waals surface area (Å²) in [7, 11) is 0. The lowest BCUT2D eigenvalue weighted by Gasteiger charge is -2.09. The molecule has 0 radical (unpaired) electrons. The normalized spacial score (nSPS) is 10.6. The summed E-state index contributed by atoms with van der Waals surface area (Å²) in [5.41, 5.74) is 2.52. The summed E-state index contributed by atoms with van der Waals surface area (Å²) in [5.74, 6) is 0.919. The van der Waals surface area contributed by atoms with Gasteiger partial charge in [-0.15, -0.1) is 11.8 Å². The average Bonchev–Trinajstić information content (AvgIpc) is 2.54. The molecule has 0 aliphatic rings. The van der Waals surface area contributed by atoms with E-state index in [9.17, 15) is 0 Å². The molecule has 21 heavy (non-hydrogen) atoms. The molecule has 0 aliphatic carbocycles. The summed E-state index contributed by atoms with van der Waals surface area (Å²) < 4.78 is 5.84. The van der Waals surface area contributed by atoms with Crippen molar-refractivity contribution in [3.05, 3.63) is 59.7 Å². The Morgan fingerprint density at radius 1 is 1.05 bits per heavy atom. The van der Waals surface area contributed by atoms with E-state index in [4.69, 9.17) is 4.74 Å². The highest BCUT2D eigenvalue weighted by molar-refractivity contribution is 7.98. The first-order valence-corrected chi connectivity index (χ1v) is 8.59. The van der Waals surface area contributed by atoms with Crippen LogP contribution in [0, 0.1) is 0 Å². The van der Waals surface area contributed by atoms with Crippen molar-refractivity contribution in [2.24, 2.45) is 0 Å². The fraction of sp³-hybridized carbons (Fsp3) is 0.333. The van der Waals surface area contributed by atoms with Crippen molar-refractivity contribution in [3.63, 3.8) is 0 Å². The van der Waals surface area contributed by atoms with Crippen LogP contribution in [-0.4, -0.2) is 12.8 Å². The van der Waals surface area contributed by atoms with Gasteiger partial charge in [0.25, 0.3) is 0 Å². The molecule has 0 aliphatic heterocycles. The molecule has 0 fully saturated rings. The highest BCUT2D eigenvalue weighted by Crippen LogP contribution is 2.20. The van der Waals surface area contributed by atoms with E-state index in [1.807, 2.05) is 12.1 Å². The van der Waals surface area contributed by atoms with Crippen LogP contribution in [0.3, 0.4) is 0 Å². The summed E-state index contributed by atoms with van der Waals surface area (Å²) in [6.07, 6.45) is 3.24. The van der Waals surface area contributed by atoms with Crippen LogP contribution < -0.4 is 10.1 Å². The quantitative estimate of drug-likeness (QED) is 0.573. The maximum Gasteiger partial charge on any atom is 0.119 e. The summed E-state index contributed by atoms with van der Waals surface area (Å²) in [5, 5.41) is 3.42. The fourth-order valence-electron chi connectivity index (χ4n) is 2.08. The molecule has 0 spiro atoms.